The molecule has 2 aromatic rings. The maximum atomic E-state index is 11.8. The van der Waals surface area contributed by atoms with Crippen molar-refractivity contribution in [2.24, 2.45) is 10.2 Å². The zero-order valence-corrected chi connectivity index (χ0v) is 17.7. The Morgan fingerprint density at radius 3 is 1.45 bits per heavy atom. The van der Waals surface area contributed by atoms with E-state index in [0.29, 0.717) is 34.1 Å². The van der Waals surface area contributed by atoms with Crippen molar-refractivity contribution in [3.63, 3.8) is 0 Å². The molecule has 10 nitrogen and oxygen atoms in total. The van der Waals surface area contributed by atoms with Gasteiger partial charge in [-0.25, -0.2) is 10.9 Å². The first-order valence-corrected chi connectivity index (χ1v) is 9.08. The molecule has 0 aromatic heterocycles. The molecule has 0 aliphatic rings. The SMILES string of the molecule is COc1ccc(/C=N/NC(=O)CC(=O)N/N=C/c2ccc(OC)c(OC)c2)cc1OC. The highest BCUT2D eigenvalue weighted by Crippen LogP contribution is 2.27. The lowest BCUT2D eigenvalue weighted by atomic mass is 10.2. The van der Waals surface area contributed by atoms with E-state index in [0.717, 1.165) is 0 Å². The van der Waals surface area contributed by atoms with Crippen molar-refractivity contribution >= 4 is 24.2 Å². The van der Waals surface area contributed by atoms with E-state index >= 15 is 0 Å². The standard InChI is InChI=1S/C21H24N4O6/c1-28-16-7-5-14(9-18(16)30-3)12-22-24-20(26)11-21(27)25-23-13-15-6-8-17(29-2)19(10-15)31-4/h5-10,12-13H,11H2,1-4H3,(H,24,26)(H,25,27)/b22-12+,23-13+. The number of amides is 2. The fraction of sp³-hybridized carbons (Fsp3) is 0.238. The number of methoxy groups -OCH3 is 4. The summed E-state index contributed by atoms with van der Waals surface area (Å²) in [4.78, 5) is 23.7. The topological polar surface area (TPSA) is 120 Å². The zero-order chi connectivity index (χ0) is 22.6. The van der Waals surface area contributed by atoms with Gasteiger partial charge in [-0.2, -0.15) is 10.2 Å². The van der Waals surface area contributed by atoms with Gasteiger partial charge in [0.1, 0.15) is 6.42 Å². The molecule has 0 saturated carbocycles. The summed E-state index contributed by atoms with van der Waals surface area (Å²) < 4.78 is 20.7. The van der Waals surface area contributed by atoms with Gasteiger partial charge in [-0.3, -0.25) is 9.59 Å². The van der Waals surface area contributed by atoms with E-state index in [9.17, 15) is 9.59 Å². The Morgan fingerprint density at radius 1 is 0.710 bits per heavy atom. The minimum atomic E-state index is -0.587. The van der Waals surface area contributed by atoms with Gasteiger partial charge in [0.2, 0.25) is 11.8 Å². The second-order valence-corrected chi connectivity index (χ2v) is 5.99. The number of nitrogens with one attached hydrogen (secondary N) is 2. The third-order valence-electron chi connectivity index (χ3n) is 3.94. The molecule has 164 valence electrons. The number of nitrogens with zero attached hydrogens (tertiary/aromatic N) is 2. The first kappa shape index (κ1) is 23.2. The number of carbonyl (C=O) groups is 2. The van der Waals surface area contributed by atoms with Gasteiger partial charge >= 0.3 is 0 Å². The third kappa shape index (κ3) is 7.03. The highest BCUT2D eigenvalue weighted by atomic mass is 16.5. The summed E-state index contributed by atoms with van der Waals surface area (Å²) in [7, 11) is 6.11. The smallest absolute Gasteiger partial charge is 0.249 e. The van der Waals surface area contributed by atoms with Crippen LogP contribution in [0.4, 0.5) is 0 Å². The molecule has 0 heterocycles. The lowest BCUT2D eigenvalue weighted by Gasteiger charge is -2.07. The molecule has 0 saturated heterocycles. The maximum Gasteiger partial charge on any atom is 0.249 e. The van der Waals surface area contributed by atoms with E-state index in [1.807, 2.05) is 0 Å². The molecule has 2 aromatic carbocycles. The van der Waals surface area contributed by atoms with Gasteiger partial charge in [0.15, 0.2) is 23.0 Å². The first-order valence-electron chi connectivity index (χ1n) is 9.08. The average Bonchev–Trinajstić information content (AvgIpc) is 2.78. The van der Waals surface area contributed by atoms with Crippen molar-refractivity contribution in [3.8, 4) is 23.0 Å². The second-order valence-electron chi connectivity index (χ2n) is 5.99. The summed E-state index contributed by atoms with van der Waals surface area (Å²) in [6, 6.07) is 10.3. The van der Waals surface area contributed by atoms with Gasteiger partial charge in [0, 0.05) is 0 Å². The lowest BCUT2D eigenvalue weighted by Crippen LogP contribution is -2.27. The molecule has 2 N–H and O–H groups in total. The zero-order valence-electron chi connectivity index (χ0n) is 17.7. The Hall–Kier alpha value is -4.08. The molecule has 2 amide bonds. The van der Waals surface area contributed by atoms with Crippen LogP contribution in [-0.4, -0.2) is 52.7 Å². The van der Waals surface area contributed by atoms with Crippen LogP contribution in [0.3, 0.4) is 0 Å². The van der Waals surface area contributed by atoms with E-state index in [1.165, 1.54) is 40.9 Å². The molecule has 10 heteroatoms. The molecule has 2 rings (SSSR count). The van der Waals surface area contributed by atoms with Crippen molar-refractivity contribution in [1.29, 1.82) is 0 Å². The van der Waals surface area contributed by atoms with E-state index in [4.69, 9.17) is 18.9 Å². The van der Waals surface area contributed by atoms with Crippen LogP contribution in [0.2, 0.25) is 0 Å². The van der Waals surface area contributed by atoms with Crippen LogP contribution in [0.1, 0.15) is 17.5 Å². The highest BCUT2D eigenvalue weighted by molar-refractivity contribution is 5.97. The predicted octanol–water partition coefficient (Wildman–Crippen LogP) is 1.71. The molecule has 0 radical (unpaired) electrons. The van der Waals surface area contributed by atoms with Gasteiger partial charge in [-0.05, 0) is 47.5 Å². The van der Waals surface area contributed by atoms with Gasteiger partial charge in [-0.1, -0.05) is 0 Å². The normalized spacial score (nSPS) is 10.7. The van der Waals surface area contributed by atoms with Gasteiger partial charge < -0.3 is 18.9 Å². The van der Waals surface area contributed by atoms with Crippen molar-refractivity contribution in [2.75, 3.05) is 28.4 Å². The minimum absolute atomic E-state index is 0.438. The first-order chi connectivity index (χ1) is 15.0. The van der Waals surface area contributed by atoms with Crippen LogP contribution in [0.5, 0.6) is 23.0 Å². The van der Waals surface area contributed by atoms with Gasteiger partial charge in [0.25, 0.3) is 0 Å². The second kappa shape index (κ2) is 11.8. The lowest BCUT2D eigenvalue weighted by molar-refractivity contribution is -0.129. The summed E-state index contributed by atoms with van der Waals surface area (Å²) in [6.45, 7) is 0. The molecule has 0 spiro atoms. The fourth-order valence-electron chi connectivity index (χ4n) is 2.45. The van der Waals surface area contributed by atoms with Crippen LogP contribution in [0, 0.1) is 0 Å². The molecule has 0 unspecified atom stereocenters. The summed E-state index contributed by atoms with van der Waals surface area (Å²) in [5.41, 5.74) is 5.92. The van der Waals surface area contributed by atoms with Crippen molar-refractivity contribution < 1.29 is 28.5 Å². The maximum absolute atomic E-state index is 11.8. The van der Waals surface area contributed by atoms with E-state index < -0.39 is 18.2 Å². The monoisotopic (exact) mass is 428 g/mol. The molecule has 0 bridgehead atoms. The van der Waals surface area contributed by atoms with Crippen LogP contribution >= 0.6 is 0 Å². The number of hydrazone groups is 2. The number of benzene rings is 2. The van der Waals surface area contributed by atoms with E-state index in [-0.39, 0.29) is 0 Å². The van der Waals surface area contributed by atoms with Crippen LogP contribution in [0.15, 0.2) is 46.6 Å². The van der Waals surface area contributed by atoms with Gasteiger partial charge in [-0.15, -0.1) is 0 Å². The highest BCUT2D eigenvalue weighted by Gasteiger charge is 2.08. The number of hydrogen-bond acceptors (Lipinski definition) is 8. The Balaban J connectivity index is 1.83. The molecule has 0 aliphatic heterocycles. The van der Waals surface area contributed by atoms with Crippen LogP contribution < -0.4 is 29.8 Å². The molecule has 31 heavy (non-hydrogen) atoms. The quantitative estimate of drug-likeness (QED) is 0.338. The minimum Gasteiger partial charge on any atom is -0.493 e. The molecule has 0 aliphatic carbocycles. The summed E-state index contributed by atoms with van der Waals surface area (Å²) in [5, 5.41) is 7.65. The summed E-state index contributed by atoms with van der Waals surface area (Å²) in [5.74, 6) is 1.04. The van der Waals surface area contributed by atoms with Gasteiger partial charge in [0.05, 0.1) is 40.9 Å². The Morgan fingerprint density at radius 2 is 1.10 bits per heavy atom. The fourth-order valence-corrected chi connectivity index (χ4v) is 2.45. The van der Waals surface area contributed by atoms with E-state index in [1.54, 1.807) is 36.4 Å². The molecule has 0 fully saturated rings. The average molecular weight is 428 g/mol. The predicted molar refractivity (Wildman–Crippen MR) is 115 cm³/mol. The van der Waals surface area contributed by atoms with E-state index in [2.05, 4.69) is 21.1 Å². The van der Waals surface area contributed by atoms with Crippen molar-refractivity contribution in [3.05, 3.63) is 47.5 Å². The number of hydrogen-bond donors (Lipinski definition) is 2. The number of carbonyl (C=O) groups excluding carboxylic acids is 2. The van der Waals surface area contributed by atoms with Crippen LogP contribution in [0.25, 0.3) is 0 Å². The van der Waals surface area contributed by atoms with Crippen LogP contribution in [-0.2, 0) is 9.59 Å². The Bertz CT molecular complexity index is 897. The third-order valence-corrected chi connectivity index (χ3v) is 3.94. The summed E-state index contributed by atoms with van der Waals surface area (Å²) in [6.07, 6.45) is 2.41. The van der Waals surface area contributed by atoms with Crippen molar-refractivity contribution in [1.82, 2.24) is 10.9 Å². The Labute approximate surface area is 179 Å². The van der Waals surface area contributed by atoms with Crippen molar-refractivity contribution in [2.45, 2.75) is 6.42 Å². The molecular weight excluding hydrogens is 404 g/mol. The summed E-state index contributed by atoms with van der Waals surface area (Å²) >= 11 is 0. The molecular formula is C21H24N4O6. The molecule has 0 atom stereocenters. The Kier molecular flexibility index (Phi) is 8.84. The number of ether oxygens (including phenoxy) is 4. The largest absolute Gasteiger partial charge is 0.493 e. The number of rotatable bonds is 10.